The molecule has 0 fully saturated rings. The molecule has 0 amide bonds. The highest BCUT2D eigenvalue weighted by Gasteiger charge is 2.12. The number of furan rings is 1. The van der Waals surface area contributed by atoms with Crippen molar-refractivity contribution >= 4 is 11.0 Å². The standard InChI is InChI=1S/C16H16N2O2/c1-11-6-7-12(9-18-11)19-10-16-14(8-17)13-4-2-3-5-15(13)20-16/h2-7,9H,8,10,17H2,1H3. The van der Waals surface area contributed by atoms with Crippen LogP contribution in [0.2, 0.25) is 0 Å². The highest BCUT2D eigenvalue weighted by Crippen LogP contribution is 2.26. The summed E-state index contributed by atoms with van der Waals surface area (Å²) in [5.74, 6) is 1.49. The summed E-state index contributed by atoms with van der Waals surface area (Å²) in [6.07, 6.45) is 1.71. The Labute approximate surface area is 117 Å². The van der Waals surface area contributed by atoms with Crippen LogP contribution in [0.4, 0.5) is 0 Å². The molecule has 0 aliphatic rings. The van der Waals surface area contributed by atoms with Gasteiger partial charge in [-0.15, -0.1) is 0 Å². The average molecular weight is 268 g/mol. The minimum Gasteiger partial charge on any atom is -0.484 e. The van der Waals surface area contributed by atoms with Crippen LogP contribution in [-0.2, 0) is 13.2 Å². The lowest BCUT2D eigenvalue weighted by Crippen LogP contribution is -2.02. The molecular formula is C16H16N2O2. The summed E-state index contributed by atoms with van der Waals surface area (Å²) in [4.78, 5) is 4.20. The Morgan fingerprint density at radius 1 is 1.20 bits per heavy atom. The Hall–Kier alpha value is -2.33. The fourth-order valence-electron chi connectivity index (χ4n) is 2.18. The lowest BCUT2D eigenvalue weighted by molar-refractivity contribution is 0.271. The lowest BCUT2D eigenvalue weighted by Gasteiger charge is -2.05. The fraction of sp³-hybridized carbons (Fsp3) is 0.188. The molecule has 3 rings (SSSR count). The number of pyridine rings is 1. The first kappa shape index (κ1) is 12.7. The molecule has 0 radical (unpaired) electrons. The number of aromatic nitrogens is 1. The number of rotatable bonds is 4. The molecule has 0 saturated heterocycles. The van der Waals surface area contributed by atoms with Crippen LogP contribution in [0.25, 0.3) is 11.0 Å². The summed E-state index contributed by atoms with van der Waals surface area (Å²) in [6, 6.07) is 11.7. The van der Waals surface area contributed by atoms with Crippen LogP contribution in [0.15, 0.2) is 47.0 Å². The number of aryl methyl sites for hydroxylation is 1. The zero-order valence-corrected chi connectivity index (χ0v) is 11.3. The predicted octanol–water partition coefficient (Wildman–Crippen LogP) is 3.17. The maximum atomic E-state index is 5.82. The average Bonchev–Trinajstić information content (AvgIpc) is 2.84. The van der Waals surface area contributed by atoms with E-state index in [9.17, 15) is 0 Å². The van der Waals surface area contributed by atoms with Crippen LogP contribution in [-0.4, -0.2) is 4.98 Å². The number of nitrogens with zero attached hydrogens (tertiary/aromatic N) is 1. The van der Waals surface area contributed by atoms with Gasteiger partial charge in [0.05, 0.1) is 6.20 Å². The molecular weight excluding hydrogens is 252 g/mol. The predicted molar refractivity (Wildman–Crippen MR) is 77.4 cm³/mol. The Bertz CT molecular complexity index is 717. The molecule has 2 aromatic heterocycles. The molecule has 0 atom stereocenters. The van der Waals surface area contributed by atoms with E-state index in [1.54, 1.807) is 6.20 Å². The topological polar surface area (TPSA) is 61.3 Å². The minimum atomic E-state index is 0.353. The van der Waals surface area contributed by atoms with E-state index in [0.717, 1.165) is 33.7 Å². The Balaban J connectivity index is 1.85. The largest absolute Gasteiger partial charge is 0.484 e. The maximum Gasteiger partial charge on any atom is 0.147 e. The van der Waals surface area contributed by atoms with Gasteiger partial charge in [0.1, 0.15) is 23.7 Å². The van der Waals surface area contributed by atoms with E-state index >= 15 is 0 Å². The number of hydrogen-bond acceptors (Lipinski definition) is 4. The van der Waals surface area contributed by atoms with Gasteiger partial charge in [0.2, 0.25) is 0 Å². The quantitative estimate of drug-likeness (QED) is 0.789. The summed E-state index contributed by atoms with van der Waals surface area (Å²) in [5.41, 5.74) is 8.63. The van der Waals surface area contributed by atoms with Crippen molar-refractivity contribution in [3.63, 3.8) is 0 Å². The summed E-state index contributed by atoms with van der Waals surface area (Å²) in [6.45, 7) is 2.73. The summed E-state index contributed by atoms with van der Waals surface area (Å²) in [5, 5.41) is 1.05. The SMILES string of the molecule is Cc1ccc(OCc2oc3ccccc3c2CN)cn1. The van der Waals surface area contributed by atoms with Crippen LogP contribution in [0, 0.1) is 6.92 Å². The van der Waals surface area contributed by atoms with Crippen molar-refractivity contribution in [2.24, 2.45) is 5.73 Å². The van der Waals surface area contributed by atoms with E-state index in [0.29, 0.717) is 13.2 Å². The summed E-state index contributed by atoms with van der Waals surface area (Å²) >= 11 is 0. The molecule has 0 unspecified atom stereocenters. The molecule has 1 aromatic carbocycles. The first-order valence-corrected chi connectivity index (χ1v) is 6.52. The number of fused-ring (bicyclic) bond motifs is 1. The Morgan fingerprint density at radius 3 is 2.80 bits per heavy atom. The molecule has 3 aromatic rings. The van der Waals surface area contributed by atoms with Crippen LogP contribution in [0.5, 0.6) is 5.75 Å². The van der Waals surface area contributed by atoms with Crippen molar-refractivity contribution in [3.8, 4) is 5.75 Å². The van der Waals surface area contributed by atoms with Crippen molar-refractivity contribution in [2.45, 2.75) is 20.1 Å². The van der Waals surface area contributed by atoms with Gasteiger partial charge >= 0.3 is 0 Å². The second kappa shape index (κ2) is 5.35. The molecule has 0 bridgehead atoms. The molecule has 4 heteroatoms. The van der Waals surface area contributed by atoms with Gasteiger partial charge in [0.15, 0.2) is 0 Å². The molecule has 0 aliphatic heterocycles. The number of para-hydroxylation sites is 1. The Morgan fingerprint density at radius 2 is 2.05 bits per heavy atom. The number of ether oxygens (including phenoxy) is 1. The fourth-order valence-corrected chi connectivity index (χ4v) is 2.18. The van der Waals surface area contributed by atoms with Gasteiger partial charge in [-0.1, -0.05) is 18.2 Å². The molecule has 0 aliphatic carbocycles. The molecule has 4 nitrogen and oxygen atoms in total. The van der Waals surface area contributed by atoms with Crippen molar-refractivity contribution < 1.29 is 9.15 Å². The minimum absolute atomic E-state index is 0.353. The first-order chi connectivity index (χ1) is 9.78. The van der Waals surface area contributed by atoms with Crippen molar-refractivity contribution in [1.82, 2.24) is 4.98 Å². The number of hydrogen-bond donors (Lipinski definition) is 1. The van der Waals surface area contributed by atoms with Crippen LogP contribution in [0.3, 0.4) is 0 Å². The summed E-state index contributed by atoms with van der Waals surface area (Å²) in [7, 11) is 0. The molecule has 20 heavy (non-hydrogen) atoms. The number of benzene rings is 1. The van der Waals surface area contributed by atoms with Crippen LogP contribution >= 0.6 is 0 Å². The Kier molecular flexibility index (Phi) is 3.39. The van der Waals surface area contributed by atoms with Gasteiger partial charge in [-0.05, 0) is 25.1 Å². The second-order valence-corrected chi connectivity index (χ2v) is 4.63. The molecule has 102 valence electrons. The zero-order valence-electron chi connectivity index (χ0n) is 11.3. The highest BCUT2D eigenvalue weighted by atomic mass is 16.5. The maximum absolute atomic E-state index is 5.82. The van der Waals surface area contributed by atoms with Crippen LogP contribution in [0.1, 0.15) is 17.0 Å². The van der Waals surface area contributed by atoms with Crippen LogP contribution < -0.4 is 10.5 Å². The molecule has 0 saturated carbocycles. The third-order valence-electron chi connectivity index (χ3n) is 3.24. The normalized spacial score (nSPS) is 10.9. The number of nitrogens with two attached hydrogens (primary N) is 1. The van der Waals surface area contributed by atoms with Crippen molar-refractivity contribution in [1.29, 1.82) is 0 Å². The zero-order chi connectivity index (χ0) is 13.9. The monoisotopic (exact) mass is 268 g/mol. The van der Waals surface area contributed by atoms with E-state index in [1.165, 1.54) is 0 Å². The lowest BCUT2D eigenvalue weighted by atomic mass is 10.1. The van der Waals surface area contributed by atoms with Gasteiger partial charge in [0, 0.05) is 23.2 Å². The van der Waals surface area contributed by atoms with E-state index in [2.05, 4.69) is 4.98 Å². The van der Waals surface area contributed by atoms with Gasteiger partial charge in [-0.2, -0.15) is 0 Å². The summed E-state index contributed by atoms with van der Waals surface area (Å²) < 4.78 is 11.5. The van der Waals surface area contributed by atoms with Gasteiger partial charge in [-0.25, -0.2) is 0 Å². The molecule has 0 spiro atoms. The third-order valence-corrected chi connectivity index (χ3v) is 3.24. The van der Waals surface area contributed by atoms with Crippen molar-refractivity contribution in [3.05, 3.63) is 59.6 Å². The third kappa shape index (κ3) is 2.38. The van der Waals surface area contributed by atoms with Crippen molar-refractivity contribution in [2.75, 3.05) is 0 Å². The molecule has 2 N–H and O–H groups in total. The highest BCUT2D eigenvalue weighted by molar-refractivity contribution is 5.82. The van der Waals surface area contributed by atoms with E-state index < -0.39 is 0 Å². The van der Waals surface area contributed by atoms with Gasteiger partial charge < -0.3 is 14.9 Å². The van der Waals surface area contributed by atoms with E-state index in [4.69, 9.17) is 14.9 Å². The van der Waals surface area contributed by atoms with E-state index in [-0.39, 0.29) is 0 Å². The smallest absolute Gasteiger partial charge is 0.147 e. The first-order valence-electron chi connectivity index (χ1n) is 6.52. The van der Waals surface area contributed by atoms with Gasteiger partial charge in [-0.3, -0.25) is 4.98 Å². The second-order valence-electron chi connectivity index (χ2n) is 4.63. The molecule has 2 heterocycles. The van der Waals surface area contributed by atoms with Gasteiger partial charge in [0.25, 0.3) is 0 Å². The van der Waals surface area contributed by atoms with E-state index in [1.807, 2.05) is 43.3 Å².